The normalized spacial score (nSPS) is 18.0. The Hall–Kier alpha value is -2.33. The molecule has 25 heavy (non-hydrogen) atoms. The van der Waals surface area contributed by atoms with Crippen molar-refractivity contribution in [1.29, 1.82) is 0 Å². The molecule has 4 heteroatoms. The van der Waals surface area contributed by atoms with Gasteiger partial charge in [0.1, 0.15) is 5.84 Å². The van der Waals surface area contributed by atoms with Gasteiger partial charge >= 0.3 is 0 Å². The second kappa shape index (κ2) is 6.89. The fourth-order valence-electron chi connectivity index (χ4n) is 2.57. The van der Waals surface area contributed by atoms with Gasteiger partial charge in [-0.3, -0.25) is 4.79 Å². The van der Waals surface area contributed by atoms with Crippen molar-refractivity contribution in [1.82, 2.24) is 5.32 Å². The van der Waals surface area contributed by atoms with Crippen LogP contribution < -0.4 is 5.32 Å². The van der Waals surface area contributed by atoms with Crippen molar-refractivity contribution in [3.8, 4) is 0 Å². The van der Waals surface area contributed by atoms with Crippen LogP contribution in [0.15, 0.2) is 58.4 Å². The van der Waals surface area contributed by atoms with Crippen molar-refractivity contribution in [2.24, 2.45) is 4.99 Å². The van der Waals surface area contributed by atoms with E-state index in [-0.39, 0.29) is 10.7 Å². The summed E-state index contributed by atoms with van der Waals surface area (Å²) in [5.41, 5.74) is 4.46. The predicted octanol–water partition coefficient (Wildman–Crippen LogP) is 5.82. The molecule has 3 nitrogen and oxygen atoms in total. The maximum absolute atomic E-state index is 11.8. The zero-order valence-electron chi connectivity index (χ0n) is 15.0. The third kappa shape index (κ3) is 4.40. The molecule has 1 aliphatic heterocycles. The van der Waals surface area contributed by atoms with Gasteiger partial charge in [0.15, 0.2) is 0 Å². The van der Waals surface area contributed by atoms with Gasteiger partial charge in [0.2, 0.25) is 0 Å². The maximum Gasteiger partial charge on any atom is 0.289 e. The van der Waals surface area contributed by atoms with Crippen molar-refractivity contribution < 1.29 is 4.79 Å². The summed E-state index contributed by atoms with van der Waals surface area (Å²) in [6.07, 6.45) is 2.00. The van der Waals surface area contributed by atoms with Crippen LogP contribution in [0.2, 0.25) is 0 Å². The molecule has 1 saturated heterocycles. The van der Waals surface area contributed by atoms with Crippen molar-refractivity contribution in [3.05, 3.63) is 70.1 Å². The Labute approximate surface area is 153 Å². The molecular weight excluding hydrogens is 328 g/mol. The third-order valence-electron chi connectivity index (χ3n) is 3.97. The Morgan fingerprint density at radius 1 is 1.08 bits per heavy atom. The highest BCUT2D eigenvalue weighted by molar-refractivity contribution is 8.18. The van der Waals surface area contributed by atoms with Gasteiger partial charge in [0.25, 0.3) is 5.24 Å². The van der Waals surface area contributed by atoms with E-state index in [1.165, 1.54) is 17.3 Å². The molecule has 1 aliphatic rings. The van der Waals surface area contributed by atoms with E-state index in [1.54, 1.807) is 0 Å². The van der Waals surface area contributed by atoms with Crippen LogP contribution in [0.1, 0.15) is 37.5 Å². The van der Waals surface area contributed by atoms with E-state index in [4.69, 9.17) is 0 Å². The number of benzene rings is 2. The van der Waals surface area contributed by atoms with Crippen molar-refractivity contribution >= 4 is 34.6 Å². The summed E-state index contributed by atoms with van der Waals surface area (Å²) < 4.78 is 0. The minimum absolute atomic E-state index is 0.0936. The van der Waals surface area contributed by atoms with Crippen LogP contribution in [0.3, 0.4) is 0 Å². The summed E-state index contributed by atoms with van der Waals surface area (Å²) in [6, 6.07) is 16.4. The van der Waals surface area contributed by atoms with E-state index in [0.717, 1.165) is 21.7 Å². The molecule has 0 atom stereocenters. The Bertz CT molecular complexity index is 858. The maximum atomic E-state index is 11.8. The highest BCUT2D eigenvalue weighted by Crippen LogP contribution is 2.29. The number of hydrogen-bond acceptors (Lipinski definition) is 3. The molecule has 1 heterocycles. The number of aryl methyl sites for hydroxylation is 1. The number of carbonyl (C=O) groups excluding carboxylic acids is 1. The number of nitrogens with one attached hydrogen (secondary N) is 1. The monoisotopic (exact) mass is 350 g/mol. The molecular formula is C21H22N2OS. The van der Waals surface area contributed by atoms with E-state index in [9.17, 15) is 4.79 Å². The molecule has 0 aromatic heterocycles. The zero-order chi connectivity index (χ0) is 18.0. The van der Waals surface area contributed by atoms with Crippen LogP contribution in [0.4, 0.5) is 10.5 Å². The van der Waals surface area contributed by atoms with Gasteiger partial charge in [-0.05, 0) is 59.0 Å². The lowest BCUT2D eigenvalue weighted by atomic mass is 9.87. The quantitative estimate of drug-likeness (QED) is 0.741. The number of thioether (sulfide) groups is 1. The number of nitrogens with zero attached hydrogens (tertiary/aromatic N) is 1. The van der Waals surface area contributed by atoms with Gasteiger partial charge in [-0.1, -0.05) is 57.2 Å². The Morgan fingerprint density at radius 3 is 2.44 bits per heavy atom. The second-order valence-electron chi connectivity index (χ2n) is 7.19. The van der Waals surface area contributed by atoms with Crippen LogP contribution in [-0.2, 0) is 5.41 Å². The van der Waals surface area contributed by atoms with Crippen LogP contribution in [0, 0.1) is 6.92 Å². The Kier molecular flexibility index (Phi) is 4.82. The number of carbonyl (C=O) groups is 1. The molecule has 0 bridgehead atoms. The number of amides is 1. The fourth-order valence-corrected chi connectivity index (χ4v) is 3.31. The molecule has 0 unspecified atom stereocenters. The van der Waals surface area contributed by atoms with Crippen LogP contribution in [0.25, 0.3) is 6.08 Å². The largest absolute Gasteiger partial charge is 0.300 e. The van der Waals surface area contributed by atoms with Gasteiger partial charge < -0.3 is 5.32 Å². The minimum atomic E-state index is -0.0936. The highest BCUT2D eigenvalue weighted by atomic mass is 32.2. The van der Waals surface area contributed by atoms with Crippen LogP contribution in [-0.4, -0.2) is 11.1 Å². The summed E-state index contributed by atoms with van der Waals surface area (Å²) in [7, 11) is 0. The van der Waals surface area contributed by atoms with Gasteiger partial charge in [-0.25, -0.2) is 4.99 Å². The van der Waals surface area contributed by atoms with Crippen molar-refractivity contribution in [2.45, 2.75) is 33.1 Å². The molecule has 0 aliphatic carbocycles. The zero-order valence-corrected chi connectivity index (χ0v) is 15.8. The predicted molar refractivity (Wildman–Crippen MR) is 108 cm³/mol. The molecule has 3 rings (SSSR count). The first kappa shape index (κ1) is 17.5. The van der Waals surface area contributed by atoms with Crippen molar-refractivity contribution in [2.75, 3.05) is 0 Å². The van der Waals surface area contributed by atoms with E-state index in [0.29, 0.717) is 5.84 Å². The average Bonchev–Trinajstić information content (AvgIpc) is 2.86. The van der Waals surface area contributed by atoms with Crippen molar-refractivity contribution in [3.63, 3.8) is 0 Å². The van der Waals surface area contributed by atoms with Gasteiger partial charge in [0.05, 0.1) is 10.6 Å². The first-order valence-electron chi connectivity index (χ1n) is 8.28. The van der Waals surface area contributed by atoms with E-state index < -0.39 is 0 Å². The van der Waals surface area contributed by atoms with E-state index in [1.807, 2.05) is 37.3 Å². The number of amidine groups is 1. The van der Waals surface area contributed by atoms with Gasteiger partial charge in [0, 0.05) is 0 Å². The van der Waals surface area contributed by atoms with Gasteiger partial charge in [-0.2, -0.15) is 0 Å². The third-order valence-corrected chi connectivity index (χ3v) is 4.79. The summed E-state index contributed by atoms with van der Waals surface area (Å²) in [5.74, 6) is 0.612. The lowest BCUT2D eigenvalue weighted by Gasteiger charge is -2.18. The number of rotatable bonds is 2. The minimum Gasteiger partial charge on any atom is -0.300 e. The summed E-state index contributed by atoms with van der Waals surface area (Å²) in [5, 5.41) is 2.74. The van der Waals surface area contributed by atoms with E-state index >= 15 is 0 Å². The summed E-state index contributed by atoms with van der Waals surface area (Å²) in [4.78, 5) is 17.3. The SMILES string of the molecule is Cc1cccc(N=C2NC(=O)S/C2=C\c2ccc(C(C)(C)C)cc2)c1. The van der Waals surface area contributed by atoms with E-state index in [2.05, 4.69) is 55.3 Å². The molecule has 1 amide bonds. The fraction of sp³-hybridized carbons (Fsp3) is 0.238. The molecule has 2 aromatic carbocycles. The Balaban J connectivity index is 1.91. The highest BCUT2D eigenvalue weighted by Gasteiger charge is 2.23. The second-order valence-corrected chi connectivity index (χ2v) is 8.21. The van der Waals surface area contributed by atoms with Crippen LogP contribution >= 0.6 is 11.8 Å². The number of hydrogen-bond donors (Lipinski definition) is 1. The van der Waals surface area contributed by atoms with Gasteiger partial charge in [-0.15, -0.1) is 0 Å². The standard InChI is InChI=1S/C21H22N2OS/c1-14-6-5-7-17(12-14)22-19-18(25-20(24)23-19)13-15-8-10-16(11-9-15)21(2,3)4/h5-13H,1-4H3,(H,22,23,24)/b18-13-. The molecule has 0 spiro atoms. The molecule has 2 aromatic rings. The average molecular weight is 350 g/mol. The lowest BCUT2D eigenvalue weighted by molar-refractivity contribution is 0.265. The topological polar surface area (TPSA) is 41.5 Å². The summed E-state index contributed by atoms with van der Waals surface area (Å²) >= 11 is 1.18. The molecule has 1 fully saturated rings. The molecule has 0 radical (unpaired) electrons. The first-order chi connectivity index (χ1) is 11.8. The summed E-state index contributed by atoms with van der Waals surface area (Å²) in [6.45, 7) is 8.62. The Morgan fingerprint density at radius 2 is 1.80 bits per heavy atom. The van der Waals surface area contributed by atoms with Crippen LogP contribution in [0.5, 0.6) is 0 Å². The first-order valence-corrected chi connectivity index (χ1v) is 9.10. The number of aliphatic imine (C=N–C) groups is 1. The lowest BCUT2D eigenvalue weighted by Crippen LogP contribution is -2.18. The molecule has 0 saturated carbocycles. The smallest absolute Gasteiger partial charge is 0.289 e. The molecule has 128 valence electrons. The molecule has 1 N–H and O–H groups in total.